The first-order valence-corrected chi connectivity index (χ1v) is 8.36. The molecular weight excluding hydrogens is 317 g/mol. The molecule has 0 amide bonds. The van der Waals surface area contributed by atoms with E-state index in [1.165, 1.54) is 12.1 Å². The maximum atomic E-state index is 13.1. The summed E-state index contributed by atoms with van der Waals surface area (Å²) in [5.41, 5.74) is 3.82. The monoisotopic (exact) mass is 337 g/mol. The highest BCUT2D eigenvalue weighted by molar-refractivity contribution is 6.05. The number of rotatable bonds is 4. The molecule has 0 N–H and O–H groups in total. The fraction of sp³-hybridized carbons (Fsp3) is 0.238. The van der Waals surface area contributed by atoms with Gasteiger partial charge < -0.3 is 4.74 Å². The number of pyridine rings is 1. The molecule has 3 rings (SSSR count). The molecule has 0 bridgehead atoms. The van der Waals surface area contributed by atoms with Gasteiger partial charge in [0.2, 0.25) is 0 Å². The summed E-state index contributed by atoms with van der Waals surface area (Å²) in [6.45, 7) is 5.70. The third kappa shape index (κ3) is 3.38. The van der Waals surface area contributed by atoms with Crippen molar-refractivity contribution in [3.63, 3.8) is 0 Å². The number of hydrogen-bond acceptors (Lipinski definition) is 3. The molecule has 1 aromatic heterocycles. The number of esters is 1. The van der Waals surface area contributed by atoms with Crippen LogP contribution in [0.25, 0.3) is 10.9 Å². The predicted octanol–water partition coefficient (Wildman–Crippen LogP) is 5.16. The van der Waals surface area contributed by atoms with Gasteiger partial charge in [0, 0.05) is 11.1 Å². The Morgan fingerprint density at radius 3 is 2.52 bits per heavy atom. The number of carbonyl (C=O) groups is 1. The molecule has 0 aliphatic rings. The van der Waals surface area contributed by atoms with Crippen LogP contribution in [0.5, 0.6) is 0 Å². The summed E-state index contributed by atoms with van der Waals surface area (Å²) < 4.78 is 18.7. The molecule has 0 saturated carbocycles. The molecule has 3 aromatic rings. The molecule has 1 atom stereocenters. The minimum absolute atomic E-state index is 0.314. The standard InChI is InChI=1S/C21H20FNO2/c1-4-18-13(2)20(17-7-5-6-8-19(17)23-18)21(24)25-14(3)15-9-11-16(22)12-10-15/h5-12,14H,4H2,1-3H3/t14-/m1/s1. The maximum Gasteiger partial charge on any atom is 0.339 e. The molecule has 4 heteroatoms. The molecule has 0 aliphatic carbocycles. The van der Waals surface area contributed by atoms with Gasteiger partial charge in [0.05, 0.1) is 11.1 Å². The second kappa shape index (κ2) is 7.01. The summed E-state index contributed by atoms with van der Waals surface area (Å²) in [7, 11) is 0. The normalized spacial score (nSPS) is 12.2. The van der Waals surface area contributed by atoms with E-state index < -0.39 is 6.10 Å². The summed E-state index contributed by atoms with van der Waals surface area (Å²) in [6.07, 6.45) is 0.272. The predicted molar refractivity (Wildman–Crippen MR) is 96.1 cm³/mol. The zero-order chi connectivity index (χ0) is 18.0. The summed E-state index contributed by atoms with van der Waals surface area (Å²) in [6, 6.07) is 13.5. The Morgan fingerprint density at radius 1 is 1.16 bits per heavy atom. The number of hydrogen-bond donors (Lipinski definition) is 0. The second-order valence-corrected chi connectivity index (χ2v) is 6.03. The minimum atomic E-state index is -0.468. The minimum Gasteiger partial charge on any atom is -0.454 e. The number of nitrogens with zero attached hydrogens (tertiary/aromatic N) is 1. The fourth-order valence-corrected chi connectivity index (χ4v) is 2.99. The third-order valence-corrected chi connectivity index (χ3v) is 4.40. The first kappa shape index (κ1) is 17.1. The van der Waals surface area contributed by atoms with Gasteiger partial charge in [-0.3, -0.25) is 4.98 Å². The van der Waals surface area contributed by atoms with Crippen molar-refractivity contribution in [2.45, 2.75) is 33.3 Å². The molecule has 3 nitrogen and oxygen atoms in total. The molecule has 0 fully saturated rings. The van der Waals surface area contributed by atoms with Gasteiger partial charge in [0.25, 0.3) is 0 Å². The van der Waals surface area contributed by atoms with Gasteiger partial charge in [-0.15, -0.1) is 0 Å². The van der Waals surface area contributed by atoms with Crippen molar-refractivity contribution in [3.05, 3.63) is 76.7 Å². The number of halogens is 1. The van der Waals surface area contributed by atoms with Crippen molar-refractivity contribution in [1.29, 1.82) is 0 Å². The average molecular weight is 337 g/mol. The zero-order valence-corrected chi connectivity index (χ0v) is 14.5. The van der Waals surface area contributed by atoms with Crippen molar-refractivity contribution in [1.82, 2.24) is 4.98 Å². The number of carbonyl (C=O) groups excluding carboxylic acids is 1. The molecule has 2 aromatic carbocycles. The van der Waals surface area contributed by atoms with Crippen LogP contribution in [-0.2, 0) is 11.2 Å². The Labute approximate surface area is 146 Å². The topological polar surface area (TPSA) is 39.2 Å². The van der Waals surface area contributed by atoms with E-state index in [1.807, 2.05) is 38.1 Å². The van der Waals surface area contributed by atoms with Gasteiger partial charge in [0.1, 0.15) is 11.9 Å². The highest BCUT2D eigenvalue weighted by Gasteiger charge is 2.21. The number of aromatic nitrogens is 1. The lowest BCUT2D eigenvalue weighted by Crippen LogP contribution is -2.13. The van der Waals surface area contributed by atoms with Crippen LogP contribution in [0, 0.1) is 12.7 Å². The largest absolute Gasteiger partial charge is 0.454 e. The first-order valence-electron chi connectivity index (χ1n) is 8.36. The van der Waals surface area contributed by atoms with Crippen molar-refractivity contribution in [2.24, 2.45) is 0 Å². The van der Waals surface area contributed by atoms with Crippen molar-refractivity contribution >= 4 is 16.9 Å². The highest BCUT2D eigenvalue weighted by atomic mass is 19.1. The number of benzene rings is 2. The van der Waals surface area contributed by atoms with E-state index in [1.54, 1.807) is 19.1 Å². The quantitative estimate of drug-likeness (QED) is 0.617. The number of para-hydroxylation sites is 1. The van der Waals surface area contributed by atoms with Crippen LogP contribution in [0.3, 0.4) is 0 Å². The molecule has 128 valence electrons. The van der Waals surface area contributed by atoms with Crippen molar-refractivity contribution in [3.8, 4) is 0 Å². The Kier molecular flexibility index (Phi) is 4.79. The van der Waals surface area contributed by atoms with Crippen molar-refractivity contribution in [2.75, 3.05) is 0 Å². The van der Waals surface area contributed by atoms with Crippen LogP contribution in [-0.4, -0.2) is 11.0 Å². The van der Waals surface area contributed by atoms with Gasteiger partial charge in [-0.2, -0.15) is 0 Å². The van der Waals surface area contributed by atoms with E-state index in [4.69, 9.17) is 4.74 Å². The Morgan fingerprint density at radius 2 is 1.84 bits per heavy atom. The Balaban J connectivity index is 1.99. The molecule has 0 aliphatic heterocycles. The molecular formula is C21H20FNO2. The van der Waals surface area contributed by atoms with Gasteiger partial charge in [-0.1, -0.05) is 37.3 Å². The summed E-state index contributed by atoms with van der Waals surface area (Å²) in [5.74, 6) is -0.700. The molecule has 0 saturated heterocycles. The van der Waals surface area contributed by atoms with Gasteiger partial charge in [0.15, 0.2) is 0 Å². The lowest BCUT2D eigenvalue weighted by atomic mass is 10.00. The van der Waals surface area contributed by atoms with E-state index in [2.05, 4.69) is 4.98 Å². The molecule has 0 radical (unpaired) electrons. The lowest BCUT2D eigenvalue weighted by Gasteiger charge is -2.17. The molecule has 0 spiro atoms. The second-order valence-electron chi connectivity index (χ2n) is 6.03. The fourth-order valence-electron chi connectivity index (χ4n) is 2.99. The van der Waals surface area contributed by atoms with Gasteiger partial charge >= 0.3 is 5.97 Å². The number of ether oxygens (including phenoxy) is 1. The SMILES string of the molecule is CCc1nc2ccccc2c(C(=O)O[C@H](C)c2ccc(F)cc2)c1C. The van der Waals surface area contributed by atoms with Gasteiger partial charge in [-0.05, 0) is 49.6 Å². The van der Waals surface area contributed by atoms with Crippen LogP contribution < -0.4 is 0 Å². The maximum absolute atomic E-state index is 13.1. The van der Waals surface area contributed by atoms with E-state index in [0.717, 1.165) is 34.1 Å². The van der Waals surface area contributed by atoms with Crippen LogP contribution >= 0.6 is 0 Å². The molecule has 0 unspecified atom stereocenters. The van der Waals surface area contributed by atoms with Crippen LogP contribution in [0.15, 0.2) is 48.5 Å². The number of fused-ring (bicyclic) bond motifs is 1. The lowest BCUT2D eigenvalue weighted by molar-refractivity contribution is 0.0339. The van der Waals surface area contributed by atoms with Crippen LogP contribution in [0.1, 0.15) is 47.1 Å². The third-order valence-electron chi connectivity index (χ3n) is 4.40. The van der Waals surface area contributed by atoms with Gasteiger partial charge in [-0.25, -0.2) is 9.18 Å². The number of aryl methyl sites for hydroxylation is 1. The smallest absolute Gasteiger partial charge is 0.339 e. The Bertz CT molecular complexity index is 919. The van der Waals surface area contributed by atoms with Crippen molar-refractivity contribution < 1.29 is 13.9 Å². The molecule has 25 heavy (non-hydrogen) atoms. The highest BCUT2D eigenvalue weighted by Crippen LogP contribution is 2.27. The van der Waals surface area contributed by atoms with Crippen LogP contribution in [0.2, 0.25) is 0 Å². The zero-order valence-electron chi connectivity index (χ0n) is 14.5. The summed E-state index contributed by atoms with van der Waals surface area (Å²) in [4.78, 5) is 17.5. The average Bonchev–Trinajstić information content (AvgIpc) is 2.61. The summed E-state index contributed by atoms with van der Waals surface area (Å²) >= 11 is 0. The first-order chi connectivity index (χ1) is 12.0. The van der Waals surface area contributed by atoms with E-state index in [0.29, 0.717) is 5.56 Å². The van der Waals surface area contributed by atoms with Crippen LogP contribution in [0.4, 0.5) is 4.39 Å². The van der Waals surface area contributed by atoms with E-state index in [9.17, 15) is 9.18 Å². The van der Waals surface area contributed by atoms with E-state index in [-0.39, 0.29) is 11.8 Å². The molecule has 1 heterocycles. The Hall–Kier alpha value is -2.75. The summed E-state index contributed by atoms with van der Waals surface area (Å²) in [5, 5.41) is 0.786. The van der Waals surface area contributed by atoms with E-state index >= 15 is 0 Å².